The molecular weight excluding hydrogens is 198 g/mol. The van der Waals surface area contributed by atoms with Crippen LogP contribution in [0.4, 0.5) is 0 Å². The topological polar surface area (TPSA) is 71.4 Å². The number of hydrogen-bond donors (Lipinski definition) is 0. The third-order valence-electron chi connectivity index (χ3n) is 4.18. The minimum atomic E-state index is -1.14. The standard InChI is InChI=1S/C13H17N3/c1-11-6-4-3-5-7-13(9-15,10-16)12(11,2)8-14/h11H,3-7H2,1-2H3. The first-order chi connectivity index (χ1) is 7.56. The van der Waals surface area contributed by atoms with Gasteiger partial charge in [0.1, 0.15) is 0 Å². The zero-order valence-electron chi connectivity index (χ0n) is 9.95. The van der Waals surface area contributed by atoms with Gasteiger partial charge < -0.3 is 0 Å². The molecule has 0 amide bonds. The van der Waals surface area contributed by atoms with Crippen molar-refractivity contribution in [2.75, 3.05) is 0 Å². The molecule has 0 radical (unpaired) electrons. The molecular formula is C13H17N3. The number of nitriles is 3. The zero-order chi connectivity index (χ0) is 12.2. The molecule has 2 atom stereocenters. The van der Waals surface area contributed by atoms with E-state index in [0.717, 1.165) is 25.7 Å². The highest BCUT2D eigenvalue weighted by atomic mass is 14.6. The summed E-state index contributed by atoms with van der Waals surface area (Å²) in [5.41, 5.74) is -1.99. The first kappa shape index (κ1) is 12.5. The van der Waals surface area contributed by atoms with Crippen LogP contribution < -0.4 is 0 Å². The zero-order valence-corrected chi connectivity index (χ0v) is 9.95. The SMILES string of the molecule is CC1CCCCCC(C#N)(C#N)C1(C)C#N. The van der Waals surface area contributed by atoms with E-state index in [2.05, 4.69) is 18.2 Å². The fraction of sp³-hybridized carbons (Fsp3) is 0.769. The van der Waals surface area contributed by atoms with Crippen LogP contribution >= 0.6 is 0 Å². The van der Waals surface area contributed by atoms with Gasteiger partial charge in [0.25, 0.3) is 0 Å². The lowest BCUT2D eigenvalue weighted by molar-refractivity contribution is 0.122. The summed E-state index contributed by atoms with van der Waals surface area (Å²) < 4.78 is 0. The van der Waals surface area contributed by atoms with E-state index < -0.39 is 10.8 Å². The number of nitrogens with zero attached hydrogens (tertiary/aromatic N) is 3. The van der Waals surface area contributed by atoms with Crippen LogP contribution in [0.1, 0.15) is 46.0 Å². The molecule has 1 rings (SSSR count). The minimum absolute atomic E-state index is 0.0945. The average molecular weight is 215 g/mol. The first-order valence-electron chi connectivity index (χ1n) is 5.80. The molecule has 3 heteroatoms. The molecule has 0 aromatic carbocycles. The Labute approximate surface area is 97.3 Å². The summed E-state index contributed by atoms with van der Waals surface area (Å²) >= 11 is 0. The van der Waals surface area contributed by atoms with E-state index in [4.69, 9.17) is 0 Å². The Kier molecular flexibility index (Phi) is 3.56. The van der Waals surface area contributed by atoms with Crippen molar-refractivity contribution in [2.24, 2.45) is 16.7 Å². The van der Waals surface area contributed by atoms with Crippen LogP contribution in [0, 0.1) is 50.7 Å². The summed E-state index contributed by atoms with van der Waals surface area (Å²) in [6, 6.07) is 6.49. The van der Waals surface area contributed by atoms with Gasteiger partial charge in [0.2, 0.25) is 0 Å². The molecule has 1 saturated carbocycles. The van der Waals surface area contributed by atoms with Crippen molar-refractivity contribution < 1.29 is 0 Å². The Hall–Kier alpha value is -1.53. The van der Waals surface area contributed by atoms with Gasteiger partial charge in [0.15, 0.2) is 5.41 Å². The Morgan fingerprint density at radius 3 is 2.12 bits per heavy atom. The molecule has 84 valence electrons. The molecule has 0 heterocycles. The lowest BCUT2D eigenvalue weighted by atomic mass is 9.57. The summed E-state index contributed by atoms with van der Waals surface area (Å²) in [5, 5.41) is 28.0. The maximum atomic E-state index is 9.38. The van der Waals surface area contributed by atoms with Gasteiger partial charge in [0.05, 0.1) is 23.6 Å². The molecule has 0 saturated heterocycles. The molecule has 2 unspecified atom stereocenters. The molecule has 3 nitrogen and oxygen atoms in total. The van der Waals surface area contributed by atoms with Crippen molar-refractivity contribution in [3.63, 3.8) is 0 Å². The second kappa shape index (κ2) is 4.54. The maximum absolute atomic E-state index is 9.38. The summed E-state index contributed by atoms with van der Waals surface area (Å²) in [5.74, 6) is 0.0945. The summed E-state index contributed by atoms with van der Waals surface area (Å²) in [6.45, 7) is 3.76. The van der Waals surface area contributed by atoms with Crippen molar-refractivity contribution in [1.29, 1.82) is 15.8 Å². The molecule has 0 bridgehead atoms. The van der Waals surface area contributed by atoms with E-state index in [1.807, 2.05) is 6.92 Å². The van der Waals surface area contributed by atoms with Crippen molar-refractivity contribution in [3.05, 3.63) is 0 Å². The predicted molar refractivity (Wildman–Crippen MR) is 59.6 cm³/mol. The average Bonchev–Trinajstić information content (AvgIpc) is 2.31. The van der Waals surface area contributed by atoms with Crippen LogP contribution in [-0.4, -0.2) is 0 Å². The molecule has 0 aromatic heterocycles. The van der Waals surface area contributed by atoms with Crippen LogP contribution in [0.3, 0.4) is 0 Å². The Bertz CT molecular complexity index is 365. The van der Waals surface area contributed by atoms with Crippen LogP contribution in [-0.2, 0) is 0 Å². The minimum Gasteiger partial charge on any atom is -0.198 e. The highest BCUT2D eigenvalue weighted by Gasteiger charge is 2.53. The second-order valence-electron chi connectivity index (χ2n) is 4.94. The second-order valence-corrected chi connectivity index (χ2v) is 4.94. The maximum Gasteiger partial charge on any atom is 0.162 e. The van der Waals surface area contributed by atoms with E-state index in [9.17, 15) is 15.8 Å². The lowest BCUT2D eigenvalue weighted by Crippen LogP contribution is -2.42. The predicted octanol–water partition coefficient (Wildman–Crippen LogP) is 3.15. The monoisotopic (exact) mass is 215 g/mol. The van der Waals surface area contributed by atoms with E-state index in [1.165, 1.54) is 0 Å². The van der Waals surface area contributed by atoms with Crippen LogP contribution in [0.2, 0.25) is 0 Å². The van der Waals surface area contributed by atoms with Crippen molar-refractivity contribution in [3.8, 4) is 18.2 Å². The number of hydrogen-bond acceptors (Lipinski definition) is 3. The normalized spacial score (nSPS) is 33.6. The van der Waals surface area contributed by atoms with E-state index in [0.29, 0.717) is 6.42 Å². The molecule has 0 aliphatic heterocycles. The molecule has 1 aliphatic rings. The van der Waals surface area contributed by atoms with Gasteiger partial charge in [-0.25, -0.2) is 0 Å². The van der Waals surface area contributed by atoms with Crippen molar-refractivity contribution in [2.45, 2.75) is 46.0 Å². The van der Waals surface area contributed by atoms with E-state index >= 15 is 0 Å². The van der Waals surface area contributed by atoms with Crippen molar-refractivity contribution in [1.82, 2.24) is 0 Å². The fourth-order valence-electron chi connectivity index (χ4n) is 2.56. The van der Waals surface area contributed by atoms with Gasteiger partial charge in [-0.2, -0.15) is 15.8 Å². The summed E-state index contributed by atoms with van der Waals surface area (Å²) in [7, 11) is 0. The molecule has 1 aliphatic carbocycles. The number of rotatable bonds is 0. The Morgan fingerprint density at radius 1 is 1.00 bits per heavy atom. The Morgan fingerprint density at radius 2 is 1.62 bits per heavy atom. The third-order valence-corrected chi connectivity index (χ3v) is 4.18. The van der Waals surface area contributed by atoms with Gasteiger partial charge in [-0.3, -0.25) is 0 Å². The van der Waals surface area contributed by atoms with Gasteiger partial charge >= 0.3 is 0 Å². The third kappa shape index (κ3) is 1.66. The smallest absolute Gasteiger partial charge is 0.162 e. The largest absolute Gasteiger partial charge is 0.198 e. The first-order valence-corrected chi connectivity index (χ1v) is 5.80. The fourth-order valence-corrected chi connectivity index (χ4v) is 2.56. The highest BCUT2D eigenvalue weighted by molar-refractivity contribution is 5.27. The quantitative estimate of drug-likeness (QED) is 0.623. The highest BCUT2D eigenvalue weighted by Crippen LogP contribution is 2.50. The van der Waals surface area contributed by atoms with E-state index in [1.54, 1.807) is 6.92 Å². The molecule has 0 N–H and O–H groups in total. The van der Waals surface area contributed by atoms with Gasteiger partial charge in [0, 0.05) is 0 Å². The van der Waals surface area contributed by atoms with Crippen LogP contribution in [0.5, 0.6) is 0 Å². The Balaban J connectivity index is 3.25. The molecule has 1 fully saturated rings. The molecule has 0 aromatic rings. The molecule has 16 heavy (non-hydrogen) atoms. The molecule has 0 spiro atoms. The summed E-state index contributed by atoms with van der Waals surface area (Å²) in [4.78, 5) is 0. The van der Waals surface area contributed by atoms with Gasteiger partial charge in [-0.15, -0.1) is 0 Å². The lowest BCUT2D eigenvalue weighted by Gasteiger charge is -2.40. The van der Waals surface area contributed by atoms with Gasteiger partial charge in [-0.05, 0) is 25.7 Å². The van der Waals surface area contributed by atoms with Gasteiger partial charge in [-0.1, -0.05) is 26.2 Å². The summed E-state index contributed by atoms with van der Waals surface area (Å²) in [6.07, 6.45) is 4.46. The van der Waals surface area contributed by atoms with Crippen molar-refractivity contribution >= 4 is 0 Å². The van der Waals surface area contributed by atoms with Crippen LogP contribution in [0.25, 0.3) is 0 Å². The van der Waals surface area contributed by atoms with Crippen LogP contribution in [0.15, 0.2) is 0 Å². The van der Waals surface area contributed by atoms with E-state index in [-0.39, 0.29) is 5.92 Å².